The Labute approximate surface area is 128 Å². The maximum Gasteiger partial charge on any atom is 0.221 e. The second-order valence-electron chi connectivity index (χ2n) is 4.76. The Hall–Kier alpha value is -2.04. The first-order valence-electron chi connectivity index (χ1n) is 6.57. The number of ether oxygens (including phenoxy) is 1. The van der Waals surface area contributed by atoms with Gasteiger partial charge in [-0.05, 0) is 36.8 Å². The van der Waals surface area contributed by atoms with Gasteiger partial charge in [0.15, 0.2) is 5.75 Å². The van der Waals surface area contributed by atoms with E-state index < -0.39 is 0 Å². The van der Waals surface area contributed by atoms with Crippen LogP contribution in [0.25, 0.3) is 0 Å². The molecule has 1 amide bonds. The summed E-state index contributed by atoms with van der Waals surface area (Å²) in [7, 11) is 0. The van der Waals surface area contributed by atoms with E-state index in [9.17, 15) is 4.79 Å². The fraction of sp³-hybridized carbons (Fsp3) is 0.188. The van der Waals surface area contributed by atoms with Crippen LogP contribution < -0.4 is 15.8 Å². The van der Waals surface area contributed by atoms with Crippen molar-refractivity contribution in [2.45, 2.75) is 19.9 Å². The number of halogens is 1. The standard InChI is InChI=1S/C16H17ClN2O2/c1-10(18)12-7-8-15(13(17)9-12)21-16-6-4-3-5-14(16)19-11(2)20/h3-10H,18H2,1-2H3,(H,19,20)/t10-/m0/s1. The molecule has 0 aromatic heterocycles. The SMILES string of the molecule is CC(=O)Nc1ccccc1Oc1ccc([C@H](C)N)cc1Cl. The normalized spacial score (nSPS) is 11.8. The van der Waals surface area contributed by atoms with Gasteiger partial charge >= 0.3 is 0 Å². The third-order valence-corrected chi connectivity index (χ3v) is 3.19. The average molecular weight is 305 g/mol. The highest BCUT2D eigenvalue weighted by Crippen LogP contribution is 2.34. The van der Waals surface area contributed by atoms with Crippen LogP contribution in [0, 0.1) is 0 Å². The number of hydrogen-bond acceptors (Lipinski definition) is 3. The number of rotatable bonds is 4. The van der Waals surface area contributed by atoms with Gasteiger partial charge in [0, 0.05) is 13.0 Å². The highest BCUT2D eigenvalue weighted by atomic mass is 35.5. The summed E-state index contributed by atoms with van der Waals surface area (Å²) in [6.07, 6.45) is 0. The van der Waals surface area contributed by atoms with E-state index in [4.69, 9.17) is 22.1 Å². The molecule has 21 heavy (non-hydrogen) atoms. The van der Waals surface area contributed by atoms with Crippen LogP contribution in [-0.2, 0) is 4.79 Å². The lowest BCUT2D eigenvalue weighted by molar-refractivity contribution is -0.114. The van der Waals surface area contributed by atoms with Crippen molar-refractivity contribution >= 4 is 23.2 Å². The maximum atomic E-state index is 11.2. The van der Waals surface area contributed by atoms with Crippen LogP contribution in [0.3, 0.4) is 0 Å². The van der Waals surface area contributed by atoms with Crippen LogP contribution in [0.1, 0.15) is 25.5 Å². The van der Waals surface area contributed by atoms with Crippen molar-refractivity contribution in [2.75, 3.05) is 5.32 Å². The molecule has 0 bridgehead atoms. The van der Waals surface area contributed by atoms with Crippen molar-refractivity contribution in [1.29, 1.82) is 0 Å². The first-order valence-corrected chi connectivity index (χ1v) is 6.94. The molecule has 0 spiro atoms. The van der Waals surface area contributed by atoms with E-state index in [1.54, 1.807) is 24.3 Å². The van der Waals surface area contributed by atoms with E-state index in [0.29, 0.717) is 22.2 Å². The molecule has 0 heterocycles. The lowest BCUT2D eigenvalue weighted by atomic mass is 10.1. The van der Waals surface area contributed by atoms with Gasteiger partial charge in [-0.3, -0.25) is 4.79 Å². The molecule has 0 unspecified atom stereocenters. The number of carbonyl (C=O) groups excluding carboxylic acids is 1. The van der Waals surface area contributed by atoms with Crippen molar-refractivity contribution in [2.24, 2.45) is 5.73 Å². The molecule has 0 aliphatic heterocycles. The lowest BCUT2D eigenvalue weighted by Crippen LogP contribution is -2.07. The first kappa shape index (κ1) is 15.4. The zero-order valence-electron chi connectivity index (χ0n) is 11.9. The van der Waals surface area contributed by atoms with Crippen molar-refractivity contribution in [3.8, 4) is 11.5 Å². The van der Waals surface area contributed by atoms with Crippen LogP contribution in [0.15, 0.2) is 42.5 Å². The molecular formula is C16H17ClN2O2. The number of para-hydroxylation sites is 2. The molecule has 2 aromatic rings. The Bertz CT molecular complexity index is 656. The first-order chi connectivity index (χ1) is 9.97. The molecular weight excluding hydrogens is 288 g/mol. The molecule has 0 radical (unpaired) electrons. The van der Waals surface area contributed by atoms with E-state index in [1.165, 1.54) is 6.92 Å². The Morgan fingerprint density at radius 3 is 2.57 bits per heavy atom. The van der Waals surface area contributed by atoms with Gasteiger partial charge in [0.2, 0.25) is 5.91 Å². The van der Waals surface area contributed by atoms with E-state index in [2.05, 4.69) is 5.32 Å². The molecule has 0 saturated heterocycles. The molecule has 110 valence electrons. The van der Waals surface area contributed by atoms with E-state index in [-0.39, 0.29) is 11.9 Å². The molecule has 0 aliphatic carbocycles. The van der Waals surface area contributed by atoms with Crippen LogP contribution in [-0.4, -0.2) is 5.91 Å². The predicted molar refractivity (Wildman–Crippen MR) is 84.9 cm³/mol. The topological polar surface area (TPSA) is 64.3 Å². The number of nitrogens with two attached hydrogens (primary N) is 1. The minimum atomic E-state index is -0.163. The van der Waals surface area contributed by atoms with Crippen LogP contribution in [0.2, 0.25) is 5.02 Å². The van der Waals surface area contributed by atoms with Gasteiger partial charge in [-0.2, -0.15) is 0 Å². The number of anilines is 1. The number of benzene rings is 2. The van der Waals surface area contributed by atoms with Crippen molar-refractivity contribution in [1.82, 2.24) is 0 Å². The summed E-state index contributed by atoms with van der Waals surface area (Å²) < 4.78 is 5.79. The zero-order chi connectivity index (χ0) is 15.4. The summed E-state index contributed by atoms with van der Waals surface area (Å²) in [5, 5.41) is 3.19. The minimum Gasteiger partial charge on any atom is -0.454 e. The van der Waals surface area contributed by atoms with Crippen molar-refractivity contribution in [3.05, 3.63) is 53.1 Å². The van der Waals surface area contributed by atoms with Gasteiger partial charge in [0.1, 0.15) is 5.75 Å². The molecule has 4 nitrogen and oxygen atoms in total. The Balaban J connectivity index is 2.28. The third kappa shape index (κ3) is 3.97. The molecule has 0 fully saturated rings. The summed E-state index contributed by atoms with van der Waals surface area (Å²) in [6.45, 7) is 3.33. The Morgan fingerprint density at radius 2 is 1.95 bits per heavy atom. The van der Waals surface area contributed by atoms with Gasteiger partial charge < -0.3 is 15.8 Å². The number of amides is 1. The summed E-state index contributed by atoms with van der Waals surface area (Å²) in [5.74, 6) is 0.881. The molecule has 0 aliphatic rings. The second-order valence-corrected chi connectivity index (χ2v) is 5.17. The van der Waals surface area contributed by atoms with Gasteiger partial charge in [0.05, 0.1) is 10.7 Å². The number of carbonyl (C=O) groups is 1. The molecule has 2 aromatic carbocycles. The van der Waals surface area contributed by atoms with Crippen LogP contribution in [0.5, 0.6) is 11.5 Å². The fourth-order valence-electron chi connectivity index (χ4n) is 1.85. The smallest absolute Gasteiger partial charge is 0.221 e. The average Bonchev–Trinajstić information content (AvgIpc) is 2.42. The summed E-state index contributed by atoms with van der Waals surface area (Å²) in [5.41, 5.74) is 7.34. The Kier molecular flexibility index (Phi) is 4.83. The molecule has 5 heteroatoms. The largest absolute Gasteiger partial charge is 0.454 e. The maximum absolute atomic E-state index is 11.2. The fourth-order valence-corrected chi connectivity index (χ4v) is 2.08. The molecule has 2 rings (SSSR count). The van der Waals surface area contributed by atoms with E-state index >= 15 is 0 Å². The number of nitrogens with one attached hydrogen (secondary N) is 1. The monoisotopic (exact) mass is 304 g/mol. The zero-order valence-corrected chi connectivity index (χ0v) is 12.6. The second kappa shape index (κ2) is 6.61. The highest BCUT2D eigenvalue weighted by molar-refractivity contribution is 6.32. The van der Waals surface area contributed by atoms with Crippen LogP contribution >= 0.6 is 11.6 Å². The summed E-state index contributed by atoms with van der Waals surface area (Å²) in [4.78, 5) is 11.2. The predicted octanol–water partition coefficient (Wildman–Crippen LogP) is 4.11. The lowest BCUT2D eigenvalue weighted by Gasteiger charge is -2.13. The molecule has 1 atom stereocenters. The van der Waals surface area contributed by atoms with Gasteiger partial charge in [0.25, 0.3) is 0 Å². The molecule has 3 N–H and O–H groups in total. The minimum absolute atomic E-state index is 0.0942. The van der Waals surface area contributed by atoms with Crippen molar-refractivity contribution in [3.63, 3.8) is 0 Å². The number of hydrogen-bond donors (Lipinski definition) is 2. The summed E-state index contributed by atoms with van der Waals surface area (Å²) >= 11 is 6.21. The third-order valence-electron chi connectivity index (χ3n) is 2.90. The Morgan fingerprint density at radius 1 is 1.24 bits per heavy atom. The van der Waals surface area contributed by atoms with E-state index in [0.717, 1.165) is 5.56 Å². The van der Waals surface area contributed by atoms with Crippen molar-refractivity contribution < 1.29 is 9.53 Å². The summed E-state index contributed by atoms with van der Waals surface area (Å²) in [6, 6.07) is 12.5. The van der Waals surface area contributed by atoms with Gasteiger partial charge in [-0.1, -0.05) is 29.8 Å². The van der Waals surface area contributed by atoms with Gasteiger partial charge in [-0.15, -0.1) is 0 Å². The quantitative estimate of drug-likeness (QED) is 0.893. The van der Waals surface area contributed by atoms with Crippen LogP contribution in [0.4, 0.5) is 5.69 Å². The van der Waals surface area contributed by atoms with Gasteiger partial charge in [-0.25, -0.2) is 0 Å². The van der Waals surface area contributed by atoms with E-state index in [1.807, 2.05) is 25.1 Å². The molecule has 0 saturated carbocycles. The highest BCUT2D eigenvalue weighted by Gasteiger charge is 2.10.